The lowest BCUT2D eigenvalue weighted by molar-refractivity contribution is 0.107. The Morgan fingerprint density at radius 2 is 1.58 bits per heavy atom. The Bertz CT molecular complexity index is 237. The maximum Gasteiger partial charge on any atom is 0.0113 e. The van der Waals surface area contributed by atoms with E-state index in [1.165, 1.54) is 39.1 Å². The number of hydrogen-bond acceptors (Lipinski definition) is 3. The highest BCUT2D eigenvalue weighted by Crippen LogP contribution is 2.18. The number of rotatable bonds is 6. The molecule has 0 unspecified atom stereocenters. The average molecular weight is 269 g/mol. The Morgan fingerprint density at radius 3 is 2.05 bits per heavy atom. The monoisotopic (exact) mass is 269 g/mol. The van der Waals surface area contributed by atoms with Crippen LogP contribution >= 0.6 is 0 Å². The van der Waals surface area contributed by atoms with Crippen LogP contribution in [-0.4, -0.2) is 61.2 Å². The number of nitrogens with zero attached hydrogens (tertiary/aromatic N) is 2. The van der Waals surface area contributed by atoms with Crippen molar-refractivity contribution in [3.05, 3.63) is 0 Å². The third-order valence-corrected chi connectivity index (χ3v) is 4.54. The molecule has 1 rings (SSSR count). The first-order valence-corrected chi connectivity index (χ1v) is 8.00. The molecule has 19 heavy (non-hydrogen) atoms. The van der Waals surface area contributed by atoms with Crippen LogP contribution in [0.4, 0.5) is 0 Å². The minimum atomic E-state index is 0.364. The van der Waals surface area contributed by atoms with E-state index in [9.17, 15) is 0 Å². The van der Waals surface area contributed by atoms with E-state index in [1.807, 2.05) is 0 Å². The molecule has 0 aromatic heterocycles. The second-order valence-corrected chi connectivity index (χ2v) is 7.37. The second-order valence-electron chi connectivity index (χ2n) is 7.37. The van der Waals surface area contributed by atoms with Crippen molar-refractivity contribution in [3.8, 4) is 0 Å². The molecule has 0 amide bonds. The number of piperazine rings is 1. The summed E-state index contributed by atoms with van der Waals surface area (Å²) in [6.07, 6.45) is 1.27. The molecule has 114 valence electrons. The van der Waals surface area contributed by atoms with Gasteiger partial charge in [-0.1, -0.05) is 20.8 Å². The van der Waals surface area contributed by atoms with Gasteiger partial charge < -0.3 is 10.2 Å². The lowest BCUT2D eigenvalue weighted by Gasteiger charge is -2.37. The summed E-state index contributed by atoms with van der Waals surface area (Å²) in [7, 11) is 0. The van der Waals surface area contributed by atoms with Crippen LogP contribution in [0.3, 0.4) is 0 Å². The molecule has 0 aromatic carbocycles. The Kier molecular flexibility index (Phi) is 6.78. The molecule has 0 saturated carbocycles. The van der Waals surface area contributed by atoms with Gasteiger partial charge in [-0.15, -0.1) is 0 Å². The third kappa shape index (κ3) is 6.24. The van der Waals surface area contributed by atoms with Crippen LogP contribution in [0.5, 0.6) is 0 Å². The van der Waals surface area contributed by atoms with Crippen LogP contribution in [0.15, 0.2) is 0 Å². The first-order chi connectivity index (χ1) is 8.80. The van der Waals surface area contributed by atoms with Crippen LogP contribution in [0.2, 0.25) is 0 Å². The van der Waals surface area contributed by atoms with Gasteiger partial charge in [0.2, 0.25) is 0 Å². The van der Waals surface area contributed by atoms with Gasteiger partial charge in [-0.3, -0.25) is 4.90 Å². The smallest absolute Gasteiger partial charge is 0.0113 e. The first-order valence-electron chi connectivity index (χ1n) is 8.00. The van der Waals surface area contributed by atoms with Crippen molar-refractivity contribution in [2.45, 2.75) is 60.0 Å². The summed E-state index contributed by atoms with van der Waals surface area (Å²) in [5.41, 5.74) is 0.364. The van der Waals surface area contributed by atoms with Gasteiger partial charge in [-0.2, -0.15) is 0 Å². The highest BCUT2D eigenvalue weighted by atomic mass is 15.3. The van der Waals surface area contributed by atoms with Gasteiger partial charge in [0.1, 0.15) is 0 Å². The summed E-state index contributed by atoms with van der Waals surface area (Å²) in [4.78, 5) is 5.19. The minimum absolute atomic E-state index is 0.364. The molecule has 1 heterocycles. The molecule has 0 aliphatic carbocycles. The Morgan fingerprint density at radius 1 is 1.00 bits per heavy atom. The van der Waals surface area contributed by atoms with Crippen molar-refractivity contribution in [3.63, 3.8) is 0 Å². The average Bonchev–Trinajstić information content (AvgIpc) is 2.33. The second kappa shape index (κ2) is 7.61. The molecule has 1 fully saturated rings. The van der Waals surface area contributed by atoms with Crippen molar-refractivity contribution >= 4 is 0 Å². The molecule has 1 N–H and O–H groups in total. The molecular formula is C16H35N3. The molecule has 3 nitrogen and oxygen atoms in total. The van der Waals surface area contributed by atoms with Crippen LogP contribution < -0.4 is 5.32 Å². The van der Waals surface area contributed by atoms with E-state index in [2.05, 4.69) is 56.7 Å². The highest BCUT2D eigenvalue weighted by Gasteiger charge is 2.20. The maximum atomic E-state index is 3.65. The summed E-state index contributed by atoms with van der Waals surface area (Å²) < 4.78 is 0. The minimum Gasteiger partial charge on any atom is -0.314 e. The van der Waals surface area contributed by atoms with E-state index in [-0.39, 0.29) is 0 Å². The SMILES string of the molecule is CC(C)N1CCN(CCCN[C@@H](C)C(C)(C)C)CC1. The molecule has 0 aromatic rings. The molecule has 1 aliphatic rings. The highest BCUT2D eigenvalue weighted by molar-refractivity contribution is 4.77. The van der Waals surface area contributed by atoms with Crippen molar-refractivity contribution in [1.82, 2.24) is 15.1 Å². The molecule has 1 atom stereocenters. The van der Waals surface area contributed by atoms with E-state index in [0.717, 1.165) is 6.54 Å². The zero-order valence-electron chi connectivity index (χ0n) is 14.0. The van der Waals surface area contributed by atoms with Crippen molar-refractivity contribution in [1.29, 1.82) is 0 Å². The van der Waals surface area contributed by atoms with Crippen molar-refractivity contribution < 1.29 is 0 Å². The summed E-state index contributed by atoms with van der Waals surface area (Å²) in [6.45, 7) is 21.1. The van der Waals surface area contributed by atoms with Crippen molar-refractivity contribution in [2.75, 3.05) is 39.3 Å². The van der Waals surface area contributed by atoms with E-state index in [0.29, 0.717) is 17.5 Å². The molecule has 3 heteroatoms. The topological polar surface area (TPSA) is 18.5 Å². The molecule has 0 bridgehead atoms. The van der Waals surface area contributed by atoms with E-state index in [1.54, 1.807) is 0 Å². The van der Waals surface area contributed by atoms with Crippen LogP contribution in [0, 0.1) is 5.41 Å². The molecule has 1 aliphatic heterocycles. The quantitative estimate of drug-likeness (QED) is 0.747. The number of hydrogen-bond donors (Lipinski definition) is 1. The van der Waals surface area contributed by atoms with E-state index >= 15 is 0 Å². The van der Waals surface area contributed by atoms with Gasteiger partial charge >= 0.3 is 0 Å². The lowest BCUT2D eigenvalue weighted by Crippen LogP contribution is -2.49. The molecule has 0 spiro atoms. The van der Waals surface area contributed by atoms with E-state index in [4.69, 9.17) is 0 Å². The predicted molar refractivity (Wildman–Crippen MR) is 84.7 cm³/mol. The van der Waals surface area contributed by atoms with Crippen LogP contribution in [0.25, 0.3) is 0 Å². The van der Waals surface area contributed by atoms with Crippen LogP contribution in [-0.2, 0) is 0 Å². The summed E-state index contributed by atoms with van der Waals surface area (Å²) in [5.74, 6) is 0. The molecule has 0 radical (unpaired) electrons. The van der Waals surface area contributed by atoms with Gasteiger partial charge in [0.15, 0.2) is 0 Å². The van der Waals surface area contributed by atoms with Gasteiger partial charge in [0.05, 0.1) is 0 Å². The van der Waals surface area contributed by atoms with Gasteiger partial charge in [0.25, 0.3) is 0 Å². The van der Waals surface area contributed by atoms with Gasteiger partial charge in [-0.05, 0) is 45.7 Å². The van der Waals surface area contributed by atoms with Crippen LogP contribution in [0.1, 0.15) is 48.0 Å². The third-order valence-electron chi connectivity index (χ3n) is 4.54. The fourth-order valence-corrected chi connectivity index (χ4v) is 2.43. The van der Waals surface area contributed by atoms with E-state index < -0.39 is 0 Å². The molecular weight excluding hydrogens is 234 g/mol. The maximum absolute atomic E-state index is 3.65. The summed E-state index contributed by atoms with van der Waals surface area (Å²) >= 11 is 0. The predicted octanol–water partition coefficient (Wildman–Crippen LogP) is 2.43. The molecule has 1 saturated heterocycles. The largest absolute Gasteiger partial charge is 0.314 e. The fourth-order valence-electron chi connectivity index (χ4n) is 2.43. The van der Waals surface area contributed by atoms with Gasteiger partial charge in [-0.25, -0.2) is 0 Å². The number of nitrogens with one attached hydrogen (secondary N) is 1. The zero-order chi connectivity index (χ0) is 14.5. The Balaban J connectivity index is 2.08. The van der Waals surface area contributed by atoms with Gasteiger partial charge in [0, 0.05) is 38.3 Å². The zero-order valence-corrected chi connectivity index (χ0v) is 14.0. The summed E-state index contributed by atoms with van der Waals surface area (Å²) in [6, 6.07) is 1.29. The Labute approximate surface area is 120 Å². The standard InChI is InChI=1S/C16H35N3/c1-14(2)19-12-10-18(11-13-19)9-7-8-17-15(3)16(4,5)6/h14-15,17H,7-13H2,1-6H3/t15-/m0/s1. The first kappa shape index (κ1) is 16.9. The lowest BCUT2D eigenvalue weighted by atomic mass is 9.88. The normalized spacial score (nSPS) is 21.0. The fraction of sp³-hybridized carbons (Fsp3) is 1.00. The summed E-state index contributed by atoms with van der Waals surface area (Å²) in [5, 5.41) is 3.65. The van der Waals surface area contributed by atoms with Crippen molar-refractivity contribution in [2.24, 2.45) is 5.41 Å². The Hall–Kier alpha value is -0.120.